The zero-order valence-corrected chi connectivity index (χ0v) is 11.2. The van der Waals surface area contributed by atoms with Gasteiger partial charge in [-0.15, -0.1) is 11.3 Å². The zero-order chi connectivity index (χ0) is 11.8. The second-order valence-electron chi connectivity index (χ2n) is 4.60. The van der Waals surface area contributed by atoms with Crippen LogP contribution in [-0.4, -0.2) is 23.6 Å². The third-order valence-electron chi connectivity index (χ3n) is 3.57. The third kappa shape index (κ3) is 1.71. The second-order valence-corrected chi connectivity index (χ2v) is 5.69. The quantitative estimate of drug-likeness (QED) is 0.817. The van der Waals surface area contributed by atoms with Crippen molar-refractivity contribution in [3.05, 3.63) is 16.8 Å². The van der Waals surface area contributed by atoms with Crippen LogP contribution in [0.5, 0.6) is 0 Å². The first-order valence-electron chi connectivity index (χ1n) is 6.27. The van der Waals surface area contributed by atoms with Crippen LogP contribution < -0.4 is 4.90 Å². The maximum Gasteiger partial charge on any atom is 0.140 e. The molecule has 0 saturated heterocycles. The van der Waals surface area contributed by atoms with Crippen LogP contribution in [0.15, 0.2) is 6.33 Å². The van der Waals surface area contributed by atoms with Gasteiger partial charge in [-0.3, -0.25) is 0 Å². The lowest BCUT2D eigenvalue weighted by Gasteiger charge is -2.18. The first-order chi connectivity index (χ1) is 8.31. The molecule has 0 fully saturated rings. The third-order valence-corrected chi connectivity index (χ3v) is 4.77. The molecule has 0 saturated carbocycles. The Hall–Kier alpha value is -1.16. The predicted octanol–water partition coefficient (Wildman–Crippen LogP) is 3.03. The Balaban J connectivity index is 2.25. The van der Waals surface area contributed by atoms with Crippen LogP contribution in [0, 0.1) is 0 Å². The Morgan fingerprint density at radius 2 is 2.12 bits per heavy atom. The highest BCUT2D eigenvalue weighted by atomic mass is 32.1. The van der Waals surface area contributed by atoms with Gasteiger partial charge in [0.2, 0.25) is 0 Å². The molecule has 3 nitrogen and oxygen atoms in total. The molecule has 2 aromatic heterocycles. The molecule has 4 heteroatoms. The van der Waals surface area contributed by atoms with Crippen LogP contribution in [0.25, 0.3) is 10.2 Å². The highest BCUT2D eigenvalue weighted by molar-refractivity contribution is 7.19. The van der Waals surface area contributed by atoms with Gasteiger partial charge in [-0.2, -0.15) is 0 Å². The van der Waals surface area contributed by atoms with Crippen LogP contribution in [0.1, 0.15) is 30.2 Å². The van der Waals surface area contributed by atoms with Crippen LogP contribution in [0.2, 0.25) is 0 Å². The van der Waals surface area contributed by atoms with Gasteiger partial charge in [0.05, 0.1) is 5.39 Å². The Bertz CT molecular complexity index is 547. The molecule has 0 N–H and O–H groups in total. The van der Waals surface area contributed by atoms with Crippen LogP contribution >= 0.6 is 11.3 Å². The smallest absolute Gasteiger partial charge is 0.140 e. The van der Waals surface area contributed by atoms with Crippen molar-refractivity contribution in [2.75, 3.05) is 18.5 Å². The Morgan fingerprint density at radius 1 is 1.29 bits per heavy atom. The van der Waals surface area contributed by atoms with Crippen LogP contribution in [0.4, 0.5) is 5.82 Å². The van der Waals surface area contributed by atoms with Crippen molar-refractivity contribution in [1.82, 2.24) is 9.97 Å². The highest BCUT2D eigenvalue weighted by Crippen LogP contribution is 2.38. The van der Waals surface area contributed by atoms with Gasteiger partial charge >= 0.3 is 0 Å². The molecule has 17 heavy (non-hydrogen) atoms. The van der Waals surface area contributed by atoms with Gasteiger partial charge in [-0.1, -0.05) is 0 Å². The SMILES string of the molecule is CCN(C)c1ncnc2sc3c(c12)CCCC3. The lowest BCUT2D eigenvalue weighted by Crippen LogP contribution is -2.18. The first kappa shape index (κ1) is 11.0. The number of nitrogens with zero attached hydrogens (tertiary/aromatic N) is 3. The second kappa shape index (κ2) is 4.26. The zero-order valence-electron chi connectivity index (χ0n) is 10.4. The monoisotopic (exact) mass is 247 g/mol. The summed E-state index contributed by atoms with van der Waals surface area (Å²) < 4.78 is 0. The molecular weight excluding hydrogens is 230 g/mol. The summed E-state index contributed by atoms with van der Waals surface area (Å²) in [6, 6.07) is 0. The minimum atomic E-state index is 0.983. The minimum absolute atomic E-state index is 0.983. The van der Waals surface area contributed by atoms with E-state index in [4.69, 9.17) is 0 Å². The maximum atomic E-state index is 4.48. The molecule has 2 aromatic rings. The van der Waals surface area contributed by atoms with E-state index in [1.807, 2.05) is 11.3 Å². The van der Waals surface area contributed by atoms with Gasteiger partial charge in [0.1, 0.15) is 17.0 Å². The molecule has 0 unspecified atom stereocenters. The Kier molecular flexibility index (Phi) is 2.74. The molecule has 1 aliphatic carbocycles. The fraction of sp³-hybridized carbons (Fsp3) is 0.538. The van der Waals surface area contributed by atoms with Gasteiger partial charge in [0.15, 0.2) is 0 Å². The minimum Gasteiger partial charge on any atom is -0.359 e. The van der Waals surface area contributed by atoms with Crippen molar-refractivity contribution in [2.24, 2.45) is 0 Å². The molecular formula is C13H17N3S. The molecule has 0 atom stereocenters. The topological polar surface area (TPSA) is 29.0 Å². The van der Waals surface area contributed by atoms with Gasteiger partial charge in [0, 0.05) is 18.5 Å². The highest BCUT2D eigenvalue weighted by Gasteiger charge is 2.20. The molecule has 0 aromatic carbocycles. The van der Waals surface area contributed by atoms with Crippen molar-refractivity contribution in [3.63, 3.8) is 0 Å². The first-order valence-corrected chi connectivity index (χ1v) is 7.09. The van der Waals surface area contributed by atoms with E-state index in [2.05, 4.69) is 28.8 Å². The van der Waals surface area contributed by atoms with Gasteiger partial charge < -0.3 is 4.90 Å². The predicted molar refractivity (Wildman–Crippen MR) is 73.0 cm³/mol. The summed E-state index contributed by atoms with van der Waals surface area (Å²) in [6.07, 6.45) is 6.76. The van der Waals surface area contributed by atoms with E-state index in [0.29, 0.717) is 0 Å². The normalized spacial score (nSPS) is 14.9. The van der Waals surface area contributed by atoms with E-state index in [1.54, 1.807) is 6.33 Å². The molecule has 0 bridgehead atoms. The van der Waals surface area contributed by atoms with Gasteiger partial charge in [0.25, 0.3) is 0 Å². The average Bonchev–Trinajstić information content (AvgIpc) is 2.76. The fourth-order valence-corrected chi connectivity index (χ4v) is 3.74. The summed E-state index contributed by atoms with van der Waals surface area (Å²) in [5.41, 5.74) is 1.52. The number of thiophene rings is 1. The van der Waals surface area contributed by atoms with E-state index < -0.39 is 0 Å². The van der Waals surface area contributed by atoms with E-state index in [-0.39, 0.29) is 0 Å². The molecule has 0 amide bonds. The van der Waals surface area contributed by atoms with E-state index >= 15 is 0 Å². The maximum absolute atomic E-state index is 4.48. The molecule has 2 heterocycles. The molecule has 90 valence electrons. The van der Waals surface area contributed by atoms with Crippen LogP contribution in [0.3, 0.4) is 0 Å². The summed E-state index contributed by atoms with van der Waals surface area (Å²) in [7, 11) is 2.11. The summed E-state index contributed by atoms with van der Waals surface area (Å²) in [4.78, 5) is 13.8. The van der Waals surface area contributed by atoms with Gasteiger partial charge in [-0.05, 0) is 38.2 Å². The number of anilines is 1. The molecule has 1 aliphatic rings. The van der Waals surface area contributed by atoms with Crippen molar-refractivity contribution in [1.29, 1.82) is 0 Å². The van der Waals surface area contributed by atoms with E-state index in [9.17, 15) is 0 Å². The van der Waals surface area contributed by atoms with Gasteiger partial charge in [-0.25, -0.2) is 9.97 Å². The summed E-state index contributed by atoms with van der Waals surface area (Å²) in [5, 5.41) is 1.32. The molecule has 0 aliphatic heterocycles. The molecule has 0 spiro atoms. The lowest BCUT2D eigenvalue weighted by atomic mass is 9.97. The standard InChI is InChI=1S/C13H17N3S/c1-3-16(2)12-11-9-6-4-5-7-10(9)17-13(11)15-8-14-12/h8H,3-7H2,1-2H3. The number of aromatic nitrogens is 2. The van der Waals surface area contributed by atoms with Crippen molar-refractivity contribution in [2.45, 2.75) is 32.6 Å². The number of hydrogen-bond acceptors (Lipinski definition) is 4. The lowest BCUT2D eigenvalue weighted by molar-refractivity contribution is 0.700. The fourth-order valence-electron chi connectivity index (χ4n) is 2.51. The number of rotatable bonds is 2. The molecule has 0 radical (unpaired) electrons. The summed E-state index contributed by atoms with van der Waals surface area (Å²) in [6.45, 7) is 3.14. The average molecular weight is 247 g/mol. The van der Waals surface area contributed by atoms with Crippen molar-refractivity contribution < 1.29 is 0 Å². The summed E-state index contributed by atoms with van der Waals surface area (Å²) in [5.74, 6) is 1.11. The van der Waals surface area contributed by atoms with Crippen LogP contribution in [-0.2, 0) is 12.8 Å². The number of fused-ring (bicyclic) bond motifs is 3. The largest absolute Gasteiger partial charge is 0.359 e. The van der Waals surface area contributed by atoms with E-state index in [0.717, 1.165) is 12.4 Å². The Morgan fingerprint density at radius 3 is 2.94 bits per heavy atom. The van der Waals surface area contributed by atoms with Crippen molar-refractivity contribution in [3.8, 4) is 0 Å². The van der Waals surface area contributed by atoms with Crippen molar-refractivity contribution >= 4 is 27.4 Å². The number of hydrogen-bond donors (Lipinski definition) is 0. The molecule has 3 rings (SSSR count). The Labute approximate surface area is 106 Å². The summed E-state index contributed by atoms with van der Waals surface area (Å²) >= 11 is 1.86. The van der Waals surface area contributed by atoms with E-state index in [1.165, 1.54) is 46.3 Å². The number of aryl methyl sites for hydroxylation is 2.